The van der Waals surface area contributed by atoms with E-state index in [9.17, 15) is 4.79 Å². The zero-order valence-corrected chi connectivity index (χ0v) is 8.73. The highest BCUT2D eigenvalue weighted by molar-refractivity contribution is 5.79. The Balaban J connectivity index is 2.24. The molecule has 3 nitrogen and oxygen atoms in total. The number of ketones is 1. The van der Waals surface area contributed by atoms with Gasteiger partial charge >= 0.3 is 0 Å². The topological polar surface area (TPSA) is 34.9 Å². The second kappa shape index (κ2) is 3.56. The van der Waals surface area contributed by atoms with Crippen molar-refractivity contribution in [3.8, 4) is 0 Å². The first-order valence-electron chi connectivity index (χ1n) is 5.20. The molecule has 1 aliphatic carbocycles. The van der Waals surface area contributed by atoms with Gasteiger partial charge in [-0.3, -0.25) is 9.48 Å². The van der Waals surface area contributed by atoms with Gasteiger partial charge < -0.3 is 0 Å². The number of aryl methyl sites for hydroxylation is 1. The summed E-state index contributed by atoms with van der Waals surface area (Å²) >= 11 is 0. The van der Waals surface area contributed by atoms with Crippen LogP contribution in [0.15, 0.2) is 12.3 Å². The summed E-state index contributed by atoms with van der Waals surface area (Å²) in [6.45, 7) is 4.25. The summed E-state index contributed by atoms with van der Waals surface area (Å²) in [6, 6.07) is 2.28. The van der Waals surface area contributed by atoms with E-state index in [1.807, 2.05) is 17.7 Å². The maximum absolute atomic E-state index is 11.4. The number of Topliss-reactive ketones (excluding diaryl/α,β-unsaturated/α-hetero) is 1. The monoisotopic (exact) mass is 192 g/mol. The van der Waals surface area contributed by atoms with Gasteiger partial charge in [0.15, 0.2) is 0 Å². The van der Waals surface area contributed by atoms with E-state index in [0.29, 0.717) is 18.1 Å². The smallest absolute Gasteiger partial charge is 0.135 e. The van der Waals surface area contributed by atoms with E-state index in [2.05, 4.69) is 12.0 Å². The molecule has 2 atom stereocenters. The number of aromatic nitrogens is 2. The zero-order chi connectivity index (χ0) is 10.1. The standard InChI is InChI=1S/C11H16N2O/c1-8-3-4-10(14)7-11(8)13-9(2)5-6-12-13/h5-6,8,11H,3-4,7H2,1-2H3. The van der Waals surface area contributed by atoms with Crippen molar-refractivity contribution >= 4 is 5.78 Å². The van der Waals surface area contributed by atoms with E-state index >= 15 is 0 Å². The Morgan fingerprint density at radius 3 is 3.00 bits per heavy atom. The van der Waals surface area contributed by atoms with E-state index in [-0.39, 0.29) is 6.04 Å². The molecule has 0 aliphatic heterocycles. The lowest BCUT2D eigenvalue weighted by molar-refractivity contribution is -0.122. The fraction of sp³-hybridized carbons (Fsp3) is 0.636. The largest absolute Gasteiger partial charge is 0.300 e. The number of hydrogen-bond donors (Lipinski definition) is 0. The Morgan fingerprint density at radius 1 is 1.57 bits per heavy atom. The van der Waals surface area contributed by atoms with Crippen molar-refractivity contribution in [2.24, 2.45) is 5.92 Å². The molecule has 2 unspecified atom stereocenters. The number of nitrogens with zero attached hydrogens (tertiary/aromatic N) is 2. The first kappa shape index (κ1) is 9.44. The lowest BCUT2D eigenvalue weighted by Gasteiger charge is -2.29. The molecule has 1 aromatic rings. The second-order valence-corrected chi connectivity index (χ2v) is 4.24. The van der Waals surface area contributed by atoms with Crippen molar-refractivity contribution in [1.82, 2.24) is 9.78 Å². The molecule has 0 amide bonds. The molecule has 0 N–H and O–H groups in total. The van der Waals surface area contributed by atoms with Gasteiger partial charge in [-0.2, -0.15) is 5.10 Å². The molecule has 1 aromatic heterocycles. The van der Waals surface area contributed by atoms with Crippen LogP contribution in [-0.2, 0) is 4.79 Å². The summed E-state index contributed by atoms with van der Waals surface area (Å²) in [5.74, 6) is 0.939. The molecule has 2 rings (SSSR count). The van der Waals surface area contributed by atoms with Crippen LogP contribution in [0.2, 0.25) is 0 Å². The van der Waals surface area contributed by atoms with Gasteiger partial charge in [0.2, 0.25) is 0 Å². The molecular formula is C11H16N2O. The number of rotatable bonds is 1. The van der Waals surface area contributed by atoms with Gasteiger partial charge in [-0.05, 0) is 25.3 Å². The molecule has 1 aliphatic rings. The summed E-state index contributed by atoms with van der Waals surface area (Å²) in [6.07, 6.45) is 4.21. The van der Waals surface area contributed by atoms with Crippen molar-refractivity contribution in [2.45, 2.75) is 39.2 Å². The molecule has 1 saturated carbocycles. The Kier molecular flexibility index (Phi) is 2.40. The summed E-state index contributed by atoms with van der Waals surface area (Å²) in [5, 5.41) is 4.29. The molecule has 76 valence electrons. The van der Waals surface area contributed by atoms with Crippen molar-refractivity contribution in [3.63, 3.8) is 0 Å². The third-order valence-electron chi connectivity index (χ3n) is 3.15. The van der Waals surface area contributed by atoms with Crippen LogP contribution in [0.3, 0.4) is 0 Å². The average molecular weight is 192 g/mol. The Morgan fingerprint density at radius 2 is 2.36 bits per heavy atom. The average Bonchev–Trinajstić information content (AvgIpc) is 2.56. The van der Waals surface area contributed by atoms with E-state index in [1.165, 1.54) is 0 Å². The van der Waals surface area contributed by atoms with Gasteiger partial charge in [-0.15, -0.1) is 0 Å². The lowest BCUT2D eigenvalue weighted by Crippen LogP contribution is -2.27. The Bertz CT molecular complexity index is 343. The number of hydrogen-bond acceptors (Lipinski definition) is 2. The summed E-state index contributed by atoms with van der Waals surface area (Å²) in [4.78, 5) is 11.4. The van der Waals surface area contributed by atoms with Gasteiger partial charge in [0.25, 0.3) is 0 Å². The molecule has 1 fully saturated rings. The molecular weight excluding hydrogens is 176 g/mol. The first-order valence-corrected chi connectivity index (χ1v) is 5.20. The summed E-state index contributed by atoms with van der Waals surface area (Å²) in [7, 11) is 0. The van der Waals surface area contributed by atoms with Gasteiger partial charge in [0.1, 0.15) is 5.78 Å². The number of carbonyl (C=O) groups excluding carboxylic acids is 1. The van der Waals surface area contributed by atoms with Crippen molar-refractivity contribution < 1.29 is 4.79 Å². The fourth-order valence-corrected chi connectivity index (χ4v) is 2.17. The summed E-state index contributed by atoms with van der Waals surface area (Å²) in [5.41, 5.74) is 1.15. The third-order valence-corrected chi connectivity index (χ3v) is 3.15. The van der Waals surface area contributed by atoms with Gasteiger partial charge in [0.05, 0.1) is 6.04 Å². The lowest BCUT2D eigenvalue weighted by atomic mass is 9.85. The van der Waals surface area contributed by atoms with Crippen LogP contribution in [0.5, 0.6) is 0 Å². The quantitative estimate of drug-likeness (QED) is 0.683. The van der Waals surface area contributed by atoms with Crippen LogP contribution >= 0.6 is 0 Å². The van der Waals surface area contributed by atoms with E-state index < -0.39 is 0 Å². The maximum Gasteiger partial charge on any atom is 0.135 e. The third kappa shape index (κ3) is 1.59. The maximum atomic E-state index is 11.4. The van der Waals surface area contributed by atoms with Crippen molar-refractivity contribution in [2.75, 3.05) is 0 Å². The van der Waals surface area contributed by atoms with Crippen LogP contribution in [0.1, 0.15) is 37.9 Å². The second-order valence-electron chi connectivity index (χ2n) is 4.24. The normalized spacial score (nSPS) is 28.0. The Labute approximate surface area is 84.1 Å². The van der Waals surface area contributed by atoms with Gasteiger partial charge in [0, 0.05) is 24.7 Å². The Hall–Kier alpha value is -1.12. The minimum absolute atomic E-state index is 0.284. The minimum Gasteiger partial charge on any atom is -0.300 e. The molecule has 0 aromatic carbocycles. The summed E-state index contributed by atoms with van der Waals surface area (Å²) < 4.78 is 2.00. The van der Waals surface area contributed by atoms with Crippen LogP contribution in [-0.4, -0.2) is 15.6 Å². The molecule has 14 heavy (non-hydrogen) atoms. The van der Waals surface area contributed by atoms with Crippen LogP contribution in [0.25, 0.3) is 0 Å². The molecule has 1 heterocycles. The van der Waals surface area contributed by atoms with Crippen molar-refractivity contribution in [3.05, 3.63) is 18.0 Å². The first-order chi connectivity index (χ1) is 6.68. The fourth-order valence-electron chi connectivity index (χ4n) is 2.17. The highest BCUT2D eigenvalue weighted by Crippen LogP contribution is 2.31. The van der Waals surface area contributed by atoms with E-state index in [0.717, 1.165) is 18.5 Å². The molecule has 0 bridgehead atoms. The molecule has 3 heteroatoms. The van der Waals surface area contributed by atoms with Gasteiger partial charge in [-0.25, -0.2) is 0 Å². The minimum atomic E-state index is 0.284. The van der Waals surface area contributed by atoms with E-state index in [1.54, 1.807) is 6.20 Å². The molecule has 0 spiro atoms. The van der Waals surface area contributed by atoms with Crippen LogP contribution in [0, 0.1) is 12.8 Å². The zero-order valence-electron chi connectivity index (χ0n) is 8.73. The molecule has 0 radical (unpaired) electrons. The molecule has 0 saturated heterocycles. The van der Waals surface area contributed by atoms with Crippen LogP contribution < -0.4 is 0 Å². The highest BCUT2D eigenvalue weighted by atomic mass is 16.1. The highest BCUT2D eigenvalue weighted by Gasteiger charge is 2.28. The predicted molar refractivity (Wildman–Crippen MR) is 54.0 cm³/mol. The van der Waals surface area contributed by atoms with Crippen molar-refractivity contribution in [1.29, 1.82) is 0 Å². The van der Waals surface area contributed by atoms with Gasteiger partial charge in [-0.1, -0.05) is 6.92 Å². The predicted octanol–water partition coefficient (Wildman–Crippen LogP) is 2.12. The van der Waals surface area contributed by atoms with Crippen LogP contribution in [0.4, 0.5) is 0 Å². The SMILES string of the molecule is Cc1ccnn1C1CC(=O)CCC1C. The van der Waals surface area contributed by atoms with E-state index in [4.69, 9.17) is 0 Å². The number of carbonyl (C=O) groups is 1.